The van der Waals surface area contributed by atoms with Gasteiger partial charge in [-0.05, 0) is 41.0 Å². The Balaban J connectivity index is 1.64. The SMILES string of the molecule is CCc1ccccc1-n1[nH]cc(-c2nnn(Cc3ccc(Br)cc3)n2)c1=S. The Hall–Kier alpha value is -2.58. The minimum Gasteiger partial charge on any atom is -0.299 e. The van der Waals surface area contributed by atoms with Crippen molar-refractivity contribution in [2.75, 3.05) is 0 Å². The molecule has 8 heteroatoms. The second kappa shape index (κ2) is 7.58. The second-order valence-corrected chi connectivity index (χ2v) is 7.38. The predicted octanol–water partition coefficient (Wildman–Crippen LogP) is 4.56. The molecule has 0 aliphatic rings. The van der Waals surface area contributed by atoms with Gasteiger partial charge in [-0.1, -0.05) is 65.4 Å². The fourth-order valence-corrected chi connectivity index (χ4v) is 3.47. The highest BCUT2D eigenvalue weighted by atomic mass is 79.9. The summed E-state index contributed by atoms with van der Waals surface area (Å²) in [5.41, 5.74) is 4.12. The van der Waals surface area contributed by atoms with Gasteiger partial charge in [0.1, 0.15) is 4.64 Å². The van der Waals surface area contributed by atoms with E-state index in [-0.39, 0.29) is 0 Å². The third-order valence-corrected chi connectivity index (χ3v) is 5.25. The molecule has 27 heavy (non-hydrogen) atoms. The Kier molecular flexibility index (Phi) is 5.00. The lowest BCUT2D eigenvalue weighted by Crippen LogP contribution is -2.03. The summed E-state index contributed by atoms with van der Waals surface area (Å²) in [6, 6.07) is 16.2. The van der Waals surface area contributed by atoms with E-state index in [1.165, 1.54) is 5.56 Å². The van der Waals surface area contributed by atoms with E-state index in [1.807, 2.05) is 53.3 Å². The van der Waals surface area contributed by atoms with Crippen LogP contribution in [0.2, 0.25) is 0 Å². The van der Waals surface area contributed by atoms with Crippen molar-refractivity contribution in [3.8, 4) is 17.1 Å². The van der Waals surface area contributed by atoms with Crippen LogP contribution < -0.4 is 0 Å². The average Bonchev–Trinajstić information content (AvgIpc) is 3.30. The number of H-pyrrole nitrogens is 1. The predicted molar refractivity (Wildman–Crippen MR) is 110 cm³/mol. The molecule has 0 atom stereocenters. The molecule has 0 amide bonds. The first-order valence-corrected chi connectivity index (χ1v) is 9.77. The first kappa shape index (κ1) is 17.8. The minimum atomic E-state index is 0.515. The summed E-state index contributed by atoms with van der Waals surface area (Å²) in [6.07, 6.45) is 2.75. The van der Waals surface area contributed by atoms with Crippen molar-refractivity contribution in [2.45, 2.75) is 19.9 Å². The number of aromatic amines is 1. The van der Waals surface area contributed by atoms with E-state index >= 15 is 0 Å². The zero-order chi connectivity index (χ0) is 18.8. The molecule has 0 saturated carbocycles. The van der Waals surface area contributed by atoms with E-state index in [4.69, 9.17) is 12.2 Å². The van der Waals surface area contributed by atoms with Crippen molar-refractivity contribution < 1.29 is 0 Å². The quantitative estimate of drug-likeness (QED) is 0.461. The van der Waals surface area contributed by atoms with Gasteiger partial charge in [0, 0.05) is 10.7 Å². The van der Waals surface area contributed by atoms with Crippen LogP contribution in [0.5, 0.6) is 0 Å². The number of benzene rings is 2. The number of halogens is 1. The number of aryl methyl sites for hydroxylation is 1. The van der Waals surface area contributed by atoms with Crippen LogP contribution in [0.15, 0.2) is 59.2 Å². The molecule has 0 radical (unpaired) electrons. The van der Waals surface area contributed by atoms with Gasteiger partial charge in [-0.15, -0.1) is 10.2 Å². The first-order chi connectivity index (χ1) is 13.2. The Labute approximate surface area is 170 Å². The van der Waals surface area contributed by atoms with Crippen molar-refractivity contribution in [1.29, 1.82) is 0 Å². The normalized spacial score (nSPS) is 11.0. The largest absolute Gasteiger partial charge is 0.299 e. The number of para-hydroxylation sites is 1. The Morgan fingerprint density at radius 2 is 1.89 bits per heavy atom. The van der Waals surface area contributed by atoms with Crippen molar-refractivity contribution in [2.24, 2.45) is 0 Å². The third-order valence-electron chi connectivity index (χ3n) is 4.32. The molecular weight excluding hydrogens is 424 g/mol. The maximum absolute atomic E-state index is 5.66. The van der Waals surface area contributed by atoms with Gasteiger partial charge in [-0.2, -0.15) is 4.80 Å². The number of rotatable bonds is 5. The highest BCUT2D eigenvalue weighted by Gasteiger charge is 2.13. The molecule has 6 nitrogen and oxygen atoms in total. The number of tetrazole rings is 1. The molecular formula is C19H17BrN6S. The Bertz CT molecular complexity index is 1130. The van der Waals surface area contributed by atoms with Gasteiger partial charge in [-0.25, -0.2) is 4.68 Å². The molecule has 4 rings (SSSR count). The second-order valence-electron chi connectivity index (χ2n) is 6.08. The summed E-state index contributed by atoms with van der Waals surface area (Å²) in [5.74, 6) is 0.515. The maximum atomic E-state index is 5.66. The van der Waals surface area contributed by atoms with Crippen LogP contribution in [0, 0.1) is 4.64 Å². The minimum absolute atomic E-state index is 0.515. The number of hydrogen-bond donors (Lipinski definition) is 1. The Morgan fingerprint density at radius 3 is 2.67 bits per heavy atom. The maximum Gasteiger partial charge on any atom is 0.209 e. The van der Waals surface area contributed by atoms with Gasteiger partial charge in [0.15, 0.2) is 0 Å². The van der Waals surface area contributed by atoms with Crippen LogP contribution in [0.25, 0.3) is 17.1 Å². The first-order valence-electron chi connectivity index (χ1n) is 8.57. The standard InChI is InChI=1S/C19H17BrN6S/c1-2-14-5-3-4-6-17(14)26-19(27)16(11-21-26)18-22-24-25(23-18)12-13-7-9-15(20)10-8-13/h3-11,21H,2,12H2,1H3. The Morgan fingerprint density at radius 1 is 1.11 bits per heavy atom. The van der Waals surface area contributed by atoms with E-state index in [9.17, 15) is 0 Å². The molecule has 1 N–H and O–H groups in total. The molecule has 136 valence electrons. The number of hydrogen-bond acceptors (Lipinski definition) is 4. The summed E-state index contributed by atoms with van der Waals surface area (Å²) >= 11 is 9.10. The zero-order valence-corrected chi connectivity index (χ0v) is 17.0. The monoisotopic (exact) mass is 440 g/mol. The molecule has 0 spiro atoms. The fraction of sp³-hybridized carbons (Fsp3) is 0.158. The summed E-state index contributed by atoms with van der Waals surface area (Å²) < 4.78 is 3.57. The van der Waals surface area contributed by atoms with E-state index in [0.717, 1.165) is 27.7 Å². The molecule has 0 aliphatic carbocycles. The smallest absolute Gasteiger partial charge is 0.209 e. The van der Waals surface area contributed by atoms with Crippen LogP contribution >= 0.6 is 28.1 Å². The summed E-state index contributed by atoms with van der Waals surface area (Å²) in [6.45, 7) is 2.68. The van der Waals surface area contributed by atoms with Gasteiger partial charge < -0.3 is 0 Å². The van der Waals surface area contributed by atoms with Crippen molar-refractivity contribution in [1.82, 2.24) is 30.0 Å². The molecule has 2 aromatic heterocycles. The third kappa shape index (κ3) is 3.63. The molecule has 0 saturated heterocycles. The van der Waals surface area contributed by atoms with Crippen LogP contribution in [0.1, 0.15) is 18.1 Å². The lowest BCUT2D eigenvalue weighted by molar-refractivity contribution is 0.573. The van der Waals surface area contributed by atoms with Gasteiger partial charge in [0.05, 0.1) is 17.8 Å². The number of nitrogens with one attached hydrogen (secondary N) is 1. The highest BCUT2D eigenvalue weighted by Crippen LogP contribution is 2.21. The molecule has 4 aromatic rings. The van der Waals surface area contributed by atoms with Crippen molar-refractivity contribution in [3.63, 3.8) is 0 Å². The van der Waals surface area contributed by atoms with Crippen LogP contribution in [0.4, 0.5) is 0 Å². The van der Waals surface area contributed by atoms with Crippen LogP contribution in [0.3, 0.4) is 0 Å². The van der Waals surface area contributed by atoms with Crippen LogP contribution in [-0.2, 0) is 13.0 Å². The van der Waals surface area contributed by atoms with E-state index in [0.29, 0.717) is 17.0 Å². The van der Waals surface area contributed by atoms with E-state index in [2.05, 4.69) is 49.4 Å². The van der Waals surface area contributed by atoms with Gasteiger partial charge in [-0.3, -0.25) is 5.10 Å². The number of aromatic nitrogens is 6. The average molecular weight is 441 g/mol. The lowest BCUT2D eigenvalue weighted by Gasteiger charge is -2.08. The fourth-order valence-electron chi connectivity index (χ4n) is 2.91. The summed E-state index contributed by atoms with van der Waals surface area (Å²) in [4.78, 5) is 1.57. The zero-order valence-electron chi connectivity index (χ0n) is 14.6. The van der Waals surface area contributed by atoms with Gasteiger partial charge in [0.25, 0.3) is 0 Å². The van der Waals surface area contributed by atoms with Gasteiger partial charge in [0.2, 0.25) is 5.82 Å². The topological polar surface area (TPSA) is 64.3 Å². The molecule has 0 unspecified atom stereocenters. The molecule has 2 heterocycles. The van der Waals surface area contributed by atoms with E-state index in [1.54, 1.807) is 4.80 Å². The van der Waals surface area contributed by atoms with Gasteiger partial charge >= 0.3 is 0 Å². The summed E-state index contributed by atoms with van der Waals surface area (Å²) in [5, 5.41) is 16.1. The number of nitrogens with zero attached hydrogens (tertiary/aromatic N) is 5. The molecule has 0 fully saturated rings. The van der Waals surface area contributed by atoms with Crippen molar-refractivity contribution in [3.05, 3.63) is 75.0 Å². The molecule has 2 aromatic carbocycles. The summed E-state index contributed by atoms with van der Waals surface area (Å²) in [7, 11) is 0. The van der Waals surface area contributed by atoms with Crippen LogP contribution in [-0.4, -0.2) is 30.0 Å². The lowest BCUT2D eigenvalue weighted by atomic mass is 10.1. The molecule has 0 bridgehead atoms. The van der Waals surface area contributed by atoms with Crippen molar-refractivity contribution >= 4 is 28.1 Å². The van der Waals surface area contributed by atoms with E-state index < -0.39 is 0 Å². The highest BCUT2D eigenvalue weighted by molar-refractivity contribution is 9.10. The molecule has 0 aliphatic heterocycles.